The van der Waals surface area contributed by atoms with Crippen molar-refractivity contribution in [2.45, 2.75) is 86.2 Å². The van der Waals surface area contributed by atoms with Crippen LogP contribution < -0.4 is 0 Å². The smallest absolute Gasteiger partial charge is 0.0540 e. The standard InChI is InChI=1S/C16H32O/c1-7-14(3,4)16(15(5,6)8-2)11-9-13(17)10-12-16/h13,17H,7-12H2,1-6H3. The van der Waals surface area contributed by atoms with Crippen LogP contribution in [0.25, 0.3) is 0 Å². The van der Waals surface area contributed by atoms with E-state index in [0.717, 1.165) is 12.8 Å². The van der Waals surface area contributed by atoms with E-state index in [1.807, 2.05) is 0 Å². The van der Waals surface area contributed by atoms with Gasteiger partial charge in [-0.25, -0.2) is 0 Å². The van der Waals surface area contributed by atoms with Gasteiger partial charge >= 0.3 is 0 Å². The van der Waals surface area contributed by atoms with Gasteiger partial charge in [0.2, 0.25) is 0 Å². The first-order chi connectivity index (χ1) is 7.72. The number of aliphatic hydroxyl groups is 1. The number of hydrogen-bond donors (Lipinski definition) is 1. The van der Waals surface area contributed by atoms with Gasteiger partial charge in [-0.05, 0) is 41.9 Å². The fourth-order valence-electron chi connectivity index (χ4n) is 4.04. The van der Waals surface area contributed by atoms with Crippen molar-refractivity contribution >= 4 is 0 Å². The summed E-state index contributed by atoms with van der Waals surface area (Å²) in [6.07, 6.45) is 6.77. The van der Waals surface area contributed by atoms with E-state index in [0.29, 0.717) is 16.2 Å². The van der Waals surface area contributed by atoms with Crippen molar-refractivity contribution in [1.29, 1.82) is 0 Å². The monoisotopic (exact) mass is 240 g/mol. The molecule has 0 amide bonds. The Kier molecular flexibility index (Phi) is 4.34. The van der Waals surface area contributed by atoms with Gasteiger partial charge in [0, 0.05) is 0 Å². The molecular formula is C16H32O. The zero-order valence-corrected chi connectivity index (χ0v) is 12.8. The summed E-state index contributed by atoms with van der Waals surface area (Å²) in [5.74, 6) is 0. The molecule has 1 aliphatic rings. The Morgan fingerprint density at radius 3 is 1.59 bits per heavy atom. The molecule has 0 radical (unpaired) electrons. The van der Waals surface area contributed by atoms with Crippen LogP contribution in [0.5, 0.6) is 0 Å². The molecule has 102 valence electrons. The molecule has 0 aliphatic heterocycles. The number of hydrogen-bond acceptors (Lipinski definition) is 1. The maximum absolute atomic E-state index is 9.82. The van der Waals surface area contributed by atoms with Crippen molar-refractivity contribution in [2.75, 3.05) is 0 Å². The van der Waals surface area contributed by atoms with E-state index in [9.17, 15) is 5.11 Å². The fraction of sp³-hybridized carbons (Fsp3) is 1.00. The molecule has 0 unspecified atom stereocenters. The minimum absolute atomic E-state index is 0.0524. The van der Waals surface area contributed by atoms with E-state index in [2.05, 4.69) is 41.5 Å². The predicted octanol–water partition coefficient (Wildman–Crippen LogP) is 4.78. The highest BCUT2D eigenvalue weighted by Crippen LogP contribution is 2.62. The molecule has 1 aliphatic carbocycles. The molecule has 0 spiro atoms. The van der Waals surface area contributed by atoms with Gasteiger partial charge in [-0.15, -0.1) is 0 Å². The van der Waals surface area contributed by atoms with E-state index >= 15 is 0 Å². The second kappa shape index (κ2) is 4.91. The van der Waals surface area contributed by atoms with Crippen molar-refractivity contribution in [3.63, 3.8) is 0 Å². The van der Waals surface area contributed by atoms with Gasteiger partial charge in [0.25, 0.3) is 0 Å². The zero-order chi connectivity index (χ0) is 13.3. The molecule has 1 rings (SSSR count). The second-order valence-electron chi connectivity index (χ2n) is 7.29. The summed E-state index contributed by atoms with van der Waals surface area (Å²) in [7, 11) is 0. The van der Waals surface area contributed by atoms with Gasteiger partial charge in [0.15, 0.2) is 0 Å². The third-order valence-electron chi connectivity index (χ3n) is 6.17. The van der Waals surface area contributed by atoms with Gasteiger partial charge in [-0.1, -0.05) is 54.4 Å². The Morgan fingerprint density at radius 2 is 1.29 bits per heavy atom. The van der Waals surface area contributed by atoms with Crippen LogP contribution in [0.3, 0.4) is 0 Å². The quantitative estimate of drug-likeness (QED) is 0.749. The second-order valence-corrected chi connectivity index (χ2v) is 7.29. The number of aliphatic hydroxyl groups excluding tert-OH is 1. The molecule has 1 N–H and O–H groups in total. The summed E-state index contributed by atoms with van der Waals surface area (Å²) in [6, 6.07) is 0. The molecule has 0 heterocycles. The number of rotatable bonds is 4. The van der Waals surface area contributed by atoms with E-state index in [-0.39, 0.29) is 6.10 Å². The SMILES string of the molecule is CCC(C)(C)C1(C(C)(C)CC)CCC(O)CC1. The highest BCUT2D eigenvalue weighted by Gasteiger charge is 2.53. The van der Waals surface area contributed by atoms with Crippen LogP contribution in [0.1, 0.15) is 80.1 Å². The van der Waals surface area contributed by atoms with Crippen LogP contribution in [-0.2, 0) is 0 Å². The maximum Gasteiger partial charge on any atom is 0.0540 e. The summed E-state index contributed by atoms with van der Waals surface area (Å²) in [4.78, 5) is 0. The molecule has 17 heavy (non-hydrogen) atoms. The lowest BCUT2D eigenvalue weighted by atomic mass is 9.46. The summed E-state index contributed by atoms with van der Waals surface area (Å²) < 4.78 is 0. The van der Waals surface area contributed by atoms with Crippen LogP contribution in [-0.4, -0.2) is 11.2 Å². The van der Waals surface area contributed by atoms with Gasteiger partial charge < -0.3 is 5.11 Å². The summed E-state index contributed by atoms with van der Waals surface area (Å²) in [5, 5.41) is 9.82. The Bertz CT molecular complexity index is 226. The van der Waals surface area contributed by atoms with Crippen LogP contribution in [0.4, 0.5) is 0 Å². The summed E-state index contributed by atoms with van der Waals surface area (Å²) >= 11 is 0. The first-order valence-electron chi connectivity index (χ1n) is 7.40. The molecule has 1 heteroatoms. The first kappa shape index (κ1) is 15.0. The topological polar surface area (TPSA) is 20.2 Å². The van der Waals surface area contributed by atoms with Crippen molar-refractivity contribution in [3.8, 4) is 0 Å². The molecule has 1 saturated carbocycles. The fourth-order valence-corrected chi connectivity index (χ4v) is 4.04. The Morgan fingerprint density at radius 1 is 0.941 bits per heavy atom. The molecule has 0 atom stereocenters. The molecule has 0 bridgehead atoms. The third-order valence-corrected chi connectivity index (χ3v) is 6.17. The predicted molar refractivity (Wildman–Crippen MR) is 75.1 cm³/mol. The minimum Gasteiger partial charge on any atom is -0.393 e. The molecule has 1 nitrogen and oxygen atoms in total. The largest absolute Gasteiger partial charge is 0.393 e. The van der Waals surface area contributed by atoms with Crippen molar-refractivity contribution in [2.24, 2.45) is 16.2 Å². The Balaban J connectivity index is 3.10. The van der Waals surface area contributed by atoms with Gasteiger partial charge in [0.05, 0.1) is 6.10 Å². The lowest BCUT2D eigenvalue weighted by molar-refractivity contribution is -0.107. The van der Waals surface area contributed by atoms with Crippen LogP contribution >= 0.6 is 0 Å². The van der Waals surface area contributed by atoms with Gasteiger partial charge in [0.1, 0.15) is 0 Å². The third kappa shape index (κ3) is 2.41. The van der Waals surface area contributed by atoms with Crippen molar-refractivity contribution in [3.05, 3.63) is 0 Å². The Hall–Kier alpha value is -0.0400. The van der Waals surface area contributed by atoms with Crippen molar-refractivity contribution < 1.29 is 5.11 Å². The summed E-state index contributed by atoms with van der Waals surface area (Å²) in [6.45, 7) is 14.4. The van der Waals surface area contributed by atoms with E-state index in [4.69, 9.17) is 0 Å². The highest BCUT2D eigenvalue weighted by atomic mass is 16.3. The van der Waals surface area contributed by atoms with E-state index in [1.165, 1.54) is 25.7 Å². The normalized spacial score (nSPS) is 22.8. The van der Waals surface area contributed by atoms with Crippen LogP contribution in [0.15, 0.2) is 0 Å². The average molecular weight is 240 g/mol. The summed E-state index contributed by atoms with van der Waals surface area (Å²) in [5.41, 5.74) is 1.13. The zero-order valence-electron chi connectivity index (χ0n) is 12.8. The average Bonchev–Trinajstić information content (AvgIpc) is 2.29. The molecular weight excluding hydrogens is 208 g/mol. The van der Waals surface area contributed by atoms with Crippen molar-refractivity contribution in [1.82, 2.24) is 0 Å². The van der Waals surface area contributed by atoms with Gasteiger partial charge in [-0.2, -0.15) is 0 Å². The maximum atomic E-state index is 9.82. The lowest BCUT2D eigenvalue weighted by Crippen LogP contribution is -2.51. The minimum atomic E-state index is -0.0524. The van der Waals surface area contributed by atoms with E-state index in [1.54, 1.807) is 0 Å². The van der Waals surface area contributed by atoms with E-state index < -0.39 is 0 Å². The van der Waals surface area contributed by atoms with Gasteiger partial charge in [-0.3, -0.25) is 0 Å². The Labute approximate surface area is 108 Å². The molecule has 0 aromatic heterocycles. The first-order valence-corrected chi connectivity index (χ1v) is 7.40. The lowest BCUT2D eigenvalue weighted by Gasteiger charge is -2.59. The molecule has 0 aromatic rings. The highest BCUT2D eigenvalue weighted by molar-refractivity contribution is 5.03. The molecule has 0 aromatic carbocycles. The van der Waals surface area contributed by atoms with Crippen LogP contribution in [0, 0.1) is 16.2 Å². The molecule has 0 saturated heterocycles. The molecule has 1 fully saturated rings. The van der Waals surface area contributed by atoms with Crippen LogP contribution in [0.2, 0.25) is 0 Å².